The monoisotopic (exact) mass is 533 g/mol. The average molecular weight is 534 g/mol. The summed E-state index contributed by atoms with van der Waals surface area (Å²) in [4.78, 5) is 24.8. The molecule has 1 aromatic heterocycles. The van der Waals surface area contributed by atoms with Crippen LogP contribution in [0.1, 0.15) is 41.9 Å². The van der Waals surface area contributed by atoms with Crippen LogP contribution in [-0.2, 0) is 4.79 Å². The van der Waals surface area contributed by atoms with Crippen LogP contribution in [0.5, 0.6) is 5.75 Å². The number of piperidine rings is 2. The van der Waals surface area contributed by atoms with Gasteiger partial charge in [-0.25, -0.2) is 18.7 Å². The number of ether oxygens (including phenoxy) is 1. The SMILES string of the molecule is Cc1cc(Nc2ncnc(-c3ccc(OC4CCN(C=O)CC4(F)F)c(C#N)c3)n2)ccc1C1CCNCC1. The maximum atomic E-state index is 14.5. The number of nitriles is 1. The molecular weight excluding hydrogens is 504 g/mol. The van der Waals surface area contributed by atoms with Gasteiger partial charge in [-0.2, -0.15) is 10.2 Å². The summed E-state index contributed by atoms with van der Waals surface area (Å²) >= 11 is 0. The van der Waals surface area contributed by atoms with Gasteiger partial charge in [-0.15, -0.1) is 0 Å². The topological polar surface area (TPSA) is 116 Å². The van der Waals surface area contributed by atoms with Crippen molar-refractivity contribution < 1.29 is 18.3 Å². The Morgan fingerprint density at radius 2 is 2.00 bits per heavy atom. The molecule has 2 aromatic carbocycles. The van der Waals surface area contributed by atoms with E-state index in [1.807, 2.05) is 12.1 Å². The molecular formula is C28H29F2N7O2. The van der Waals surface area contributed by atoms with Crippen LogP contribution < -0.4 is 15.4 Å². The second-order valence-electron chi connectivity index (χ2n) is 9.91. The average Bonchev–Trinajstić information content (AvgIpc) is 2.94. The van der Waals surface area contributed by atoms with Gasteiger partial charge in [0.25, 0.3) is 0 Å². The van der Waals surface area contributed by atoms with Crippen LogP contribution in [0.2, 0.25) is 0 Å². The van der Waals surface area contributed by atoms with Gasteiger partial charge in [0.15, 0.2) is 11.9 Å². The first-order chi connectivity index (χ1) is 18.9. The molecule has 0 radical (unpaired) electrons. The molecule has 39 heavy (non-hydrogen) atoms. The highest BCUT2D eigenvalue weighted by Gasteiger charge is 2.46. The molecule has 2 aliphatic heterocycles. The molecule has 0 saturated carbocycles. The molecule has 1 unspecified atom stereocenters. The van der Waals surface area contributed by atoms with Gasteiger partial charge in [0.1, 0.15) is 18.1 Å². The van der Waals surface area contributed by atoms with Crippen molar-refractivity contribution in [3.05, 3.63) is 59.4 Å². The molecule has 9 nitrogen and oxygen atoms in total. The lowest BCUT2D eigenvalue weighted by molar-refractivity contribution is -0.151. The number of hydrogen-bond donors (Lipinski definition) is 2. The third kappa shape index (κ3) is 5.96. The van der Waals surface area contributed by atoms with Crippen LogP contribution in [0.4, 0.5) is 20.4 Å². The van der Waals surface area contributed by atoms with Crippen LogP contribution >= 0.6 is 0 Å². The zero-order valence-electron chi connectivity index (χ0n) is 21.5. The fraction of sp³-hybridized carbons (Fsp3) is 0.393. The predicted molar refractivity (Wildman–Crippen MR) is 141 cm³/mol. The van der Waals surface area contributed by atoms with Crippen molar-refractivity contribution in [2.45, 2.75) is 44.1 Å². The second kappa shape index (κ2) is 11.3. The summed E-state index contributed by atoms with van der Waals surface area (Å²) in [5.74, 6) is -1.97. The van der Waals surface area contributed by atoms with Crippen molar-refractivity contribution in [3.8, 4) is 23.2 Å². The summed E-state index contributed by atoms with van der Waals surface area (Å²) in [5.41, 5.74) is 4.02. The van der Waals surface area contributed by atoms with Crippen molar-refractivity contribution in [1.82, 2.24) is 25.2 Å². The number of carbonyl (C=O) groups excluding carboxylic acids is 1. The van der Waals surface area contributed by atoms with Crippen molar-refractivity contribution in [2.24, 2.45) is 0 Å². The molecule has 2 fully saturated rings. The zero-order chi connectivity index (χ0) is 27.4. The van der Waals surface area contributed by atoms with Crippen LogP contribution in [0, 0.1) is 18.3 Å². The van der Waals surface area contributed by atoms with Crippen molar-refractivity contribution >= 4 is 18.0 Å². The Morgan fingerprint density at radius 1 is 1.18 bits per heavy atom. The minimum atomic E-state index is -3.23. The van der Waals surface area contributed by atoms with Gasteiger partial charge in [0.2, 0.25) is 12.4 Å². The molecule has 2 aliphatic rings. The molecule has 2 saturated heterocycles. The summed E-state index contributed by atoms with van der Waals surface area (Å²) in [6.45, 7) is 3.61. The normalized spacial score (nSPS) is 19.2. The van der Waals surface area contributed by atoms with E-state index in [1.165, 1.54) is 29.6 Å². The van der Waals surface area contributed by atoms with Gasteiger partial charge in [-0.1, -0.05) is 6.07 Å². The number of anilines is 2. The number of halogens is 2. The van der Waals surface area contributed by atoms with E-state index in [1.54, 1.807) is 6.07 Å². The lowest BCUT2D eigenvalue weighted by Gasteiger charge is -2.36. The maximum absolute atomic E-state index is 14.5. The van der Waals surface area contributed by atoms with Gasteiger partial charge in [-0.3, -0.25) is 4.79 Å². The summed E-state index contributed by atoms with van der Waals surface area (Å²) in [6, 6.07) is 12.8. The first-order valence-corrected chi connectivity index (χ1v) is 12.9. The fourth-order valence-corrected chi connectivity index (χ4v) is 5.16. The number of likely N-dealkylation sites (tertiary alicyclic amines) is 1. The van der Waals surface area contributed by atoms with E-state index in [0.717, 1.165) is 36.5 Å². The molecule has 2 N–H and O–H groups in total. The number of aromatic nitrogens is 3. The van der Waals surface area contributed by atoms with Crippen LogP contribution in [-0.4, -0.2) is 64.5 Å². The van der Waals surface area contributed by atoms with E-state index in [-0.39, 0.29) is 24.3 Å². The lowest BCUT2D eigenvalue weighted by Crippen LogP contribution is -2.53. The first-order valence-electron chi connectivity index (χ1n) is 12.9. The molecule has 1 amide bonds. The molecule has 202 valence electrons. The third-order valence-electron chi connectivity index (χ3n) is 7.22. The highest BCUT2D eigenvalue weighted by Crippen LogP contribution is 2.34. The Labute approximate surface area is 225 Å². The summed E-state index contributed by atoms with van der Waals surface area (Å²) < 4.78 is 34.5. The lowest BCUT2D eigenvalue weighted by atomic mass is 9.87. The first kappa shape index (κ1) is 26.4. The Balaban J connectivity index is 1.31. The third-order valence-corrected chi connectivity index (χ3v) is 7.22. The Hall–Kier alpha value is -4.17. The van der Waals surface area contributed by atoms with Crippen LogP contribution in [0.25, 0.3) is 11.4 Å². The van der Waals surface area contributed by atoms with Crippen LogP contribution in [0.15, 0.2) is 42.7 Å². The Bertz CT molecular complexity index is 1390. The van der Waals surface area contributed by atoms with E-state index in [9.17, 15) is 18.8 Å². The van der Waals surface area contributed by atoms with E-state index in [0.29, 0.717) is 29.7 Å². The molecule has 1 atom stereocenters. The summed E-state index contributed by atoms with van der Waals surface area (Å²) in [6.07, 6.45) is 2.55. The predicted octanol–water partition coefficient (Wildman–Crippen LogP) is 4.17. The number of hydrogen-bond acceptors (Lipinski definition) is 8. The zero-order valence-corrected chi connectivity index (χ0v) is 21.5. The number of benzene rings is 2. The van der Waals surface area contributed by atoms with E-state index in [2.05, 4.69) is 44.6 Å². The van der Waals surface area contributed by atoms with E-state index in [4.69, 9.17) is 4.74 Å². The Morgan fingerprint density at radius 3 is 2.72 bits per heavy atom. The number of amides is 1. The highest BCUT2D eigenvalue weighted by atomic mass is 19.3. The van der Waals surface area contributed by atoms with E-state index >= 15 is 0 Å². The molecule has 0 aliphatic carbocycles. The summed E-state index contributed by atoms with van der Waals surface area (Å²) in [5, 5.41) is 16.3. The second-order valence-corrected chi connectivity index (χ2v) is 9.91. The fourth-order valence-electron chi connectivity index (χ4n) is 5.16. The largest absolute Gasteiger partial charge is 0.483 e. The quantitative estimate of drug-likeness (QED) is 0.435. The van der Waals surface area contributed by atoms with Gasteiger partial charge >= 0.3 is 5.92 Å². The molecule has 3 heterocycles. The van der Waals surface area contributed by atoms with Crippen molar-refractivity contribution in [2.75, 3.05) is 31.5 Å². The standard InChI is InChI=1S/C28H29F2N7O2/c1-18-12-22(3-4-23(18)19-6-9-32-10-7-19)35-27-34-16-33-26(36-27)20-2-5-24(21(13-20)14-31)39-25-8-11-37(17-38)15-28(25,29)30/h2-5,12-13,16-17,19,25,32H,6-11,15H2,1H3,(H,33,34,35,36). The Kier molecular flexibility index (Phi) is 7.65. The van der Waals surface area contributed by atoms with Crippen LogP contribution in [0.3, 0.4) is 0 Å². The van der Waals surface area contributed by atoms with Gasteiger partial charge in [-0.05, 0) is 80.2 Å². The van der Waals surface area contributed by atoms with E-state index < -0.39 is 18.6 Å². The number of nitrogens with zero attached hydrogens (tertiary/aromatic N) is 5. The minimum Gasteiger partial charge on any atom is -0.483 e. The van der Waals surface area contributed by atoms with Gasteiger partial charge in [0.05, 0.1) is 12.1 Å². The smallest absolute Gasteiger partial charge is 0.301 e. The number of alkyl halides is 2. The van der Waals surface area contributed by atoms with Gasteiger partial charge < -0.3 is 20.3 Å². The number of carbonyl (C=O) groups is 1. The maximum Gasteiger partial charge on any atom is 0.301 e. The molecule has 0 bridgehead atoms. The molecule has 5 rings (SSSR count). The number of rotatable bonds is 7. The highest BCUT2D eigenvalue weighted by molar-refractivity contribution is 5.63. The van der Waals surface area contributed by atoms with Gasteiger partial charge in [0, 0.05) is 24.2 Å². The number of aryl methyl sites for hydroxylation is 1. The van der Waals surface area contributed by atoms with Crippen molar-refractivity contribution in [3.63, 3.8) is 0 Å². The molecule has 0 spiro atoms. The summed E-state index contributed by atoms with van der Waals surface area (Å²) in [7, 11) is 0. The molecule has 11 heteroatoms. The number of nitrogens with one attached hydrogen (secondary N) is 2. The molecule has 3 aromatic rings. The minimum absolute atomic E-state index is 0.0425. The van der Waals surface area contributed by atoms with Crippen molar-refractivity contribution in [1.29, 1.82) is 5.26 Å².